The summed E-state index contributed by atoms with van der Waals surface area (Å²) in [5, 5.41) is 3.02. The lowest BCUT2D eigenvalue weighted by Crippen LogP contribution is -2.34. The molecule has 0 aliphatic carbocycles. The van der Waals surface area contributed by atoms with Crippen molar-refractivity contribution in [3.8, 4) is 0 Å². The minimum Gasteiger partial charge on any atom is -0.357 e. The SMILES string of the molecule is CNc1nc(C)cc(N2CC(C)C(N(C)C)C2)n1. The fourth-order valence-corrected chi connectivity index (χ4v) is 2.63. The second-order valence-electron chi connectivity index (χ2n) is 5.35. The van der Waals surface area contributed by atoms with Crippen LogP contribution in [-0.2, 0) is 0 Å². The summed E-state index contributed by atoms with van der Waals surface area (Å²) >= 11 is 0. The molecule has 2 unspecified atom stereocenters. The van der Waals surface area contributed by atoms with Crippen molar-refractivity contribution < 1.29 is 0 Å². The topological polar surface area (TPSA) is 44.3 Å². The lowest BCUT2D eigenvalue weighted by Gasteiger charge is -2.22. The van der Waals surface area contributed by atoms with Crippen LogP contribution in [0.3, 0.4) is 0 Å². The summed E-state index contributed by atoms with van der Waals surface area (Å²) < 4.78 is 0. The van der Waals surface area contributed by atoms with Crippen LogP contribution in [0.1, 0.15) is 12.6 Å². The molecule has 2 atom stereocenters. The molecule has 0 bridgehead atoms. The number of hydrogen-bond acceptors (Lipinski definition) is 5. The van der Waals surface area contributed by atoms with E-state index in [9.17, 15) is 0 Å². The van der Waals surface area contributed by atoms with E-state index in [2.05, 4.69) is 52.2 Å². The maximum atomic E-state index is 4.55. The Bertz CT molecular complexity index is 418. The molecular weight excluding hydrogens is 226 g/mol. The van der Waals surface area contributed by atoms with Gasteiger partial charge < -0.3 is 15.1 Å². The molecular formula is C13H23N5. The van der Waals surface area contributed by atoms with Crippen LogP contribution in [0.5, 0.6) is 0 Å². The van der Waals surface area contributed by atoms with Crippen molar-refractivity contribution in [2.45, 2.75) is 19.9 Å². The first-order valence-corrected chi connectivity index (χ1v) is 6.46. The van der Waals surface area contributed by atoms with Crippen molar-refractivity contribution in [3.63, 3.8) is 0 Å². The van der Waals surface area contributed by atoms with Gasteiger partial charge in [-0.2, -0.15) is 4.98 Å². The molecule has 0 amide bonds. The van der Waals surface area contributed by atoms with Crippen LogP contribution in [0.4, 0.5) is 11.8 Å². The van der Waals surface area contributed by atoms with Gasteiger partial charge in [-0.1, -0.05) is 6.92 Å². The highest BCUT2D eigenvalue weighted by atomic mass is 15.3. The van der Waals surface area contributed by atoms with E-state index in [1.54, 1.807) is 0 Å². The lowest BCUT2D eigenvalue weighted by molar-refractivity contribution is 0.266. The van der Waals surface area contributed by atoms with E-state index >= 15 is 0 Å². The third-order valence-corrected chi connectivity index (χ3v) is 3.62. The van der Waals surface area contributed by atoms with Crippen LogP contribution >= 0.6 is 0 Å². The van der Waals surface area contributed by atoms with Gasteiger partial charge in [0.1, 0.15) is 5.82 Å². The predicted octanol–water partition coefficient (Wildman–Crippen LogP) is 1.21. The maximum Gasteiger partial charge on any atom is 0.224 e. The smallest absolute Gasteiger partial charge is 0.224 e. The molecule has 5 nitrogen and oxygen atoms in total. The molecule has 0 radical (unpaired) electrons. The van der Waals surface area contributed by atoms with E-state index in [-0.39, 0.29) is 0 Å². The minimum atomic E-state index is 0.596. The Morgan fingerprint density at radius 3 is 2.61 bits per heavy atom. The third-order valence-electron chi connectivity index (χ3n) is 3.62. The fourth-order valence-electron chi connectivity index (χ4n) is 2.63. The van der Waals surface area contributed by atoms with Gasteiger partial charge in [0, 0.05) is 37.9 Å². The monoisotopic (exact) mass is 249 g/mol. The largest absolute Gasteiger partial charge is 0.357 e. The summed E-state index contributed by atoms with van der Waals surface area (Å²) in [5.41, 5.74) is 1.00. The molecule has 18 heavy (non-hydrogen) atoms. The van der Waals surface area contributed by atoms with E-state index in [4.69, 9.17) is 0 Å². The van der Waals surface area contributed by atoms with E-state index in [0.29, 0.717) is 17.9 Å². The number of nitrogens with zero attached hydrogens (tertiary/aromatic N) is 4. The average Bonchev–Trinajstić information content (AvgIpc) is 2.70. The standard InChI is InChI=1S/C13H23N5/c1-9-7-18(8-11(9)17(4)5)12-6-10(2)15-13(14-3)16-12/h6,9,11H,7-8H2,1-5H3,(H,14,15,16). The number of hydrogen-bond donors (Lipinski definition) is 1. The number of rotatable bonds is 3. The molecule has 2 heterocycles. The Hall–Kier alpha value is -1.36. The number of likely N-dealkylation sites (N-methyl/N-ethyl adjacent to an activating group) is 1. The lowest BCUT2D eigenvalue weighted by atomic mass is 10.1. The average molecular weight is 249 g/mol. The summed E-state index contributed by atoms with van der Waals surface area (Å²) in [6.45, 7) is 6.41. The molecule has 0 aromatic carbocycles. The van der Waals surface area contributed by atoms with Crippen molar-refractivity contribution in [2.24, 2.45) is 5.92 Å². The van der Waals surface area contributed by atoms with Crippen molar-refractivity contribution >= 4 is 11.8 Å². The first kappa shape index (κ1) is 13.1. The molecule has 1 aliphatic rings. The normalized spacial score (nSPS) is 23.8. The number of aromatic nitrogens is 2. The Kier molecular flexibility index (Phi) is 3.71. The van der Waals surface area contributed by atoms with Gasteiger partial charge in [-0.15, -0.1) is 0 Å². The van der Waals surface area contributed by atoms with E-state index in [1.807, 2.05) is 14.0 Å². The minimum absolute atomic E-state index is 0.596. The highest BCUT2D eigenvalue weighted by Crippen LogP contribution is 2.25. The zero-order valence-corrected chi connectivity index (χ0v) is 11.9. The van der Waals surface area contributed by atoms with Gasteiger partial charge in [-0.05, 0) is 26.9 Å². The molecule has 2 rings (SSSR count). The van der Waals surface area contributed by atoms with Crippen molar-refractivity contribution in [2.75, 3.05) is 44.4 Å². The van der Waals surface area contributed by atoms with Crippen molar-refractivity contribution in [1.29, 1.82) is 0 Å². The molecule has 1 N–H and O–H groups in total. The third kappa shape index (κ3) is 2.56. The Labute approximate surface area is 109 Å². The van der Waals surface area contributed by atoms with E-state index < -0.39 is 0 Å². The Balaban J connectivity index is 2.20. The second kappa shape index (κ2) is 5.10. The summed E-state index contributed by atoms with van der Waals surface area (Å²) in [5.74, 6) is 2.39. The molecule has 1 aromatic rings. The molecule has 100 valence electrons. The summed E-state index contributed by atoms with van der Waals surface area (Å²) in [6.07, 6.45) is 0. The van der Waals surface area contributed by atoms with Crippen LogP contribution < -0.4 is 10.2 Å². The van der Waals surface area contributed by atoms with Crippen LogP contribution in [0.15, 0.2) is 6.07 Å². The molecule has 1 aromatic heterocycles. The van der Waals surface area contributed by atoms with Crippen molar-refractivity contribution in [3.05, 3.63) is 11.8 Å². The number of nitrogens with one attached hydrogen (secondary N) is 1. The molecule has 0 saturated carbocycles. The van der Waals surface area contributed by atoms with E-state index in [0.717, 1.165) is 24.6 Å². The van der Waals surface area contributed by atoms with Gasteiger partial charge in [-0.3, -0.25) is 0 Å². The Morgan fingerprint density at radius 2 is 2.06 bits per heavy atom. The number of anilines is 2. The van der Waals surface area contributed by atoms with Gasteiger partial charge in [0.25, 0.3) is 0 Å². The van der Waals surface area contributed by atoms with Crippen LogP contribution in [0.2, 0.25) is 0 Å². The molecule has 1 aliphatic heterocycles. The highest BCUT2D eigenvalue weighted by Gasteiger charge is 2.31. The highest BCUT2D eigenvalue weighted by molar-refractivity contribution is 5.46. The zero-order chi connectivity index (χ0) is 13.3. The summed E-state index contributed by atoms with van der Waals surface area (Å²) in [4.78, 5) is 13.5. The second-order valence-corrected chi connectivity index (χ2v) is 5.35. The van der Waals surface area contributed by atoms with Crippen LogP contribution in [0, 0.1) is 12.8 Å². The predicted molar refractivity (Wildman–Crippen MR) is 75.2 cm³/mol. The van der Waals surface area contributed by atoms with Gasteiger partial charge in [0.15, 0.2) is 0 Å². The van der Waals surface area contributed by atoms with Crippen LogP contribution in [0.25, 0.3) is 0 Å². The summed E-state index contributed by atoms with van der Waals surface area (Å²) in [7, 11) is 6.15. The van der Waals surface area contributed by atoms with Gasteiger partial charge in [0.2, 0.25) is 5.95 Å². The first-order chi connectivity index (χ1) is 8.51. The quantitative estimate of drug-likeness (QED) is 0.872. The fraction of sp³-hybridized carbons (Fsp3) is 0.692. The molecule has 5 heteroatoms. The van der Waals surface area contributed by atoms with E-state index in [1.165, 1.54) is 0 Å². The zero-order valence-electron chi connectivity index (χ0n) is 11.9. The molecule has 1 saturated heterocycles. The van der Waals surface area contributed by atoms with Crippen LogP contribution in [-0.4, -0.2) is 55.1 Å². The maximum absolute atomic E-state index is 4.55. The van der Waals surface area contributed by atoms with Gasteiger partial charge >= 0.3 is 0 Å². The molecule has 1 fully saturated rings. The number of aryl methyl sites for hydroxylation is 1. The van der Waals surface area contributed by atoms with Gasteiger partial charge in [0.05, 0.1) is 0 Å². The van der Waals surface area contributed by atoms with Crippen molar-refractivity contribution in [1.82, 2.24) is 14.9 Å². The Morgan fingerprint density at radius 1 is 1.33 bits per heavy atom. The molecule has 0 spiro atoms. The summed E-state index contributed by atoms with van der Waals surface area (Å²) in [6, 6.07) is 2.66. The van der Waals surface area contributed by atoms with Gasteiger partial charge in [-0.25, -0.2) is 4.98 Å². The first-order valence-electron chi connectivity index (χ1n) is 6.46.